The van der Waals surface area contributed by atoms with Crippen molar-refractivity contribution in [3.05, 3.63) is 88.3 Å². The van der Waals surface area contributed by atoms with Gasteiger partial charge in [0, 0.05) is 18.8 Å². The van der Waals surface area contributed by atoms with Crippen LogP contribution in [0.4, 0.5) is 5.69 Å². The van der Waals surface area contributed by atoms with Crippen molar-refractivity contribution in [2.75, 3.05) is 18.4 Å². The molecule has 0 saturated heterocycles. The maximum Gasteiger partial charge on any atom is 0.291 e. The lowest BCUT2D eigenvalue weighted by molar-refractivity contribution is -0.133. The smallest absolute Gasteiger partial charge is 0.291 e. The molecule has 2 aromatic carbocycles. The van der Waals surface area contributed by atoms with Crippen LogP contribution in [-0.4, -0.2) is 35.7 Å². The summed E-state index contributed by atoms with van der Waals surface area (Å²) in [4.78, 5) is 38.5. The Kier molecular flexibility index (Phi) is 8.21. The van der Waals surface area contributed by atoms with Crippen LogP contribution in [0.25, 0.3) is 0 Å². The number of carbonyl (C=O) groups is 3. The Morgan fingerprint density at radius 3 is 2.28 bits per heavy atom. The van der Waals surface area contributed by atoms with Crippen LogP contribution in [0.15, 0.2) is 75.8 Å². The van der Waals surface area contributed by atoms with Gasteiger partial charge in [-0.05, 0) is 58.2 Å². The molecule has 0 spiro atoms. The first-order chi connectivity index (χ1) is 15.4. The van der Waals surface area contributed by atoms with Crippen molar-refractivity contribution in [3.63, 3.8) is 0 Å². The van der Waals surface area contributed by atoms with Gasteiger partial charge < -0.3 is 20.0 Å². The topological polar surface area (TPSA) is 91.7 Å². The average molecular weight is 498 g/mol. The van der Waals surface area contributed by atoms with Gasteiger partial charge >= 0.3 is 0 Å². The van der Waals surface area contributed by atoms with E-state index in [1.54, 1.807) is 41.3 Å². The molecule has 1 heterocycles. The van der Waals surface area contributed by atoms with Gasteiger partial charge in [-0.1, -0.05) is 42.5 Å². The molecule has 3 rings (SSSR count). The molecule has 0 fully saturated rings. The molecule has 0 unspecified atom stereocenters. The number of halogens is 1. The highest BCUT2D eigenvalue weighted by atomic mass is 79.9. The second-order valence-corrected chi connectivity index (χ2v) is 7.88. The molecule has 32 heavy (non-hydrogen) atoms. The van der Waals surface area contributed by atoms with Gasteiger partial charge in [0.2, 0.25) is 11.8 Å². The molecular weight excluding hydrogens is 474 g/mol. The molecular formula is C24H24BrN3O4. The number of furan rings is 1. The van der Waals surface area contributed by atoms with E-state index in [1.807, 2.05) is 37.3 Å². The summed E-state index contributed by atoms with van der Waals surface area (Å²) in [6.45, 7) is 2.93. The molecule has 0 atom stereocenters. The molecule has 3 amide bonds. The largest absolute Gasteiger partial charge is 0.444 e. The van der Waals surface area contributed by atoms with Crippen LogP contribution in [0.2, 0.25) is 0 Å². The predicted octanol–water partition coefficient (Wildman–Crippen LogP) is 4.00. The molecule has 0 aliphatic heterocycles. The van der Waals surface area contributed by atoms with Crippen molar-refractivity contribution in [3.8, 4) is 0 Å². The van der Waals surface area contributed by atoms with Crippen LogP contribution in [0.5, 0.6) is 0 Å². The summed E-state index contributed by atoms with van der Waals surface area (Å²) in [6, 6.07) is 19.9. The minimum absolute atomic E-state index is 0.0493. The van der Waals surface area contributed by atoms with E-state index in [-0.39, 0.29) is 36.4 Å². The highest BCUT2D eigenvalue weighted by molar-refractivity contribution is 9.10. The number of hydrogen-bond acceptors (Lipinski definition) is 4. The van der Waals surface area contributed by atoms with Crippen LogP contribution in [0.1, 0.15) is 28.6 Å². The van der Waals surface area contributed by atoms with Crippen molar-refractivity contribution in [1.29, 1.82) is 0 Å². The first-order valence-corrected chi connectivity index (χ1v) is 11.0. The Labute approximate surface area is 194 Å². The summed E-state index contributed by atoms with van der Waals surface area (Å²) in [7, 11) is 0. The highest BCUT2D eigenvalue weighted by Crippen LogP contribution is 2.16. The fourth-order valence-electron chi connectivity index (χ4n) is 3.05. The number of nitrogens with zero attached hydrogens (tertiary/aromatic N) is 1. The monoisotopic (exact) mass is 497 g/mol. The summed E-state index contributed by atoms with van der Waals surface area (Å²) >= 11 is 3.16. The van der Waals surface area contributed by atoms with E-state index in [0.29, 0.717) is 23.4 Å². The maximum absolute atomic E-state index is 12.5. The van der Waals surface area contributed by atoms with E-state index in [9.17, 15) is 14.4 Å². The van der Waals surface area contributed by atoms with Gasteiger partial charge in [0.25, 0.3) is 5.91 Å². The minimum atomic E-state index is -0.365. The van der Waals surface area contributed by atoms with Crippen LogP contribution < -0.4 is 10.6 Å². The van der Waals surface area contributed by atoms with E-state index in [1.165, 1.54) is 0 Å². The molecule has 0 saturated carbocycles. The Hall–Kier alpha value is -3.39. The molecule has 7 nitrogen and oxygen atoms in total. The van der Waals surface area contributed by atoms with Gasteiger partial charge in [-0.25, -0.2) is 0 Å². The zero-order valence-electron chi connectivity index (χ0n) is 17.6. The molecule has 0 aliphatic rings. The molecule has 8 heteroatoms. The third-order valence-corrected chi connectivity index (χ3v) is 5.19. The van der Waals surface area contributed by atoms with Crippen molar-refractivity contribution in [2.24, 2.45) is 0 Å². The molecule has 0 aliphatic carbocycles. The van der Waals surface area contributed by atoms with Crippen molar-refractivity contribution in [1.82, 2.24) is 10.2 Å². The maximum atomic E-state index is 12.5. The van der Waals surface area contributed by atoms with Gasteiger partial charge in [0.1, 0.15) is 0 Å². The lowest BCUT2D eigenvalue weighted by Gasteiger charge is -2.21. The van der Waals surface area contributed by atoms with E-state index >= 15 is 0 Å². The Balaban J connectivity index is 1.46. The zero-order valence-corrected chi connectivity index (χ0v) is 19.2. The summed E-state index contributed by atoms with van der Waals surface area (Å²) < 4.78 is 5.70. The van der Waals surface area contributed by atoms with Crippen LogP contribution in [0.3, 0.4) is 0 Å². The number of benzene rings is 2. The number of likely N-dealkylation sites (N-methyl/N-ethyl adjacent to an activating group) is 1. The number of carbonyl (C=O) groups excluding carboxylic acids is 3. The minimum Gasteiger partial charge on any atom is -0.444 e. The molecule has 3 aromatic rings. The quantitative estimate of drug-likeness (QED) is 0.467. The number of hydrogen-bond donors (Lipinski definition) is 2. The number of amides is 3. The third kappa shape index (κ3) is 6.81. The second kappa shape index (κ2) is 11.3. The lowest BCUT2D eigenvalue weighted by atomic mass is 10.1. The molecule has 0 radical (unpaired) electrons. The standard InChI is InChI=1S/C24H24BrN3O4/c1-2-28(16-18-6-4-3-5-7-18)23(30)15-26-22(29)14-17-8-10-19(11-9-17)27-24(31)20-12-13-21(25)32-20/h3-13H,2,14-16H2,1H3,(H,26,29)(H,27,31). The van der Waals surface area contributed by atoms with Gasteiger partial charge in [-0.3, -0.25) is 14.4 Å². The van der Waals surface area contributed by atoms with E-state index in [2.05, 4.69) is 26.6 Å². The van der Waals surface area contributed by atoms with E-state index in [0.717, 1.165) is 11.1 Å². The second-order valence-electron chi connectivity index (χ2n) is 7.10. The Morgan fingerprint density at radius 1 is 0.938 bits per heavy atom. The number of anilines is 1. The summed E-state index contributed by atoms with van der Waals surface area (Å²) in [6.07, 6.45) is 0.136. The van der Waals surface area contributed by atoms with Crippen LogP contribution >= 0.6 is 15.9 Å². The zero-order chi connectivity index (χ0) is 22.9. The SMILES string of the molecule is CCN(Cc1ccccc1)C(=O)CNC(=O)Cc1ccc(NC(=O)c2ccc(Br)o2)cc1. The van der Waals surface area contributed by atoms with Gasteiger partial charge in [-0.2, -0.15) is 0 Å². The lowest BCUT2D eigenvalue weighted by Crippen LogP contribution is -2.40. The Bertz CT molecular complexity index is 1060. The Morgan fingerprint density at radius 2 is 1.66 bits per heavy atom. The van der Waals surface area contributed by atoms with Crippen molar-refractivity contribution in [2.45, 2.75) is 19.9 Å². The molecule has 1 aromatic heterocycles. The first-order valence-electron chi connectivity index (χ1n) is 10.2. The number of nitrogens with one attached hydrogen (secondary N) is 2. The fourth-order valence-corrected chi connectivity index (χ4v) is 3.36. The van der Waals surface area contributed by atoms with Gasteiger partial charge in [0.05, 0.1) is 13.0 Å². The summed E-state index contributed by atoms with van der Waals surface area (Å²) in [5.74, 6) is -0.548. The number of rotatable bonds is 9. The van der Waals surface area contributed by atoms with Gasteiger partial charge in [0.15, 0.2) is 10.4 Å². The third-order valence-electron chi connectivity index (χ3n) is 4.76. The van der Waals surface area contributed by atoms with Crippen LogP contribution in [-0.2, 0) is 22.6 Å². The van der Waals surface area contributed by atoms with Crippen LogP contribution in [0, 0.1) is 0 Å². The average Bonchev–Trinajstić information content (AvgIpc) is 3.24. The fraction of sp³-hybridized carbons (Fsp3) is 0.208. The van der Waals surface area contributed by atoms with Gasteiger partial charge in [-0.15, -0.1) is 0 Å². The van der Waals surface area contributed by atoms with E-state index in [4.69, 9.17) is 4.42 Å². The normalized spacial score (nSPS) is 10.4. The predicted molar refractivity (Wildman–Crippen MR) is 125 cm³/mol. The van der Waals surface area contributed by atoms with Crippen molar-refractivity contribution < 1.29 is 18.8 Å². The molecule has 0 bridgehead atoms. The van der Waals surface area contributed by atoms with E-state index < -0.39 is 0 Å². The highest BCUT2D eigenvalue weighted by Gasteiger charge is 2.14. The first kappa shape index (κ1) is 23.3. The molecule has 166 valence electrons. The summed E-state index contributed by atoms with van der Waals surface area (Å²) in [5.41, 5.74) is 2.40. The van der Waals surface area contributed by atoms with Crippen molar-refractivity contribution >= 4 is 39.3 Å². The molecule has 2 N–H and O–H groups in total. The summed E-state index contributed by atoms with van der Waals surface area (Å²) in [5, 5.41) is 5.41.